The number of hydrogen-bond acceptors (Lipinski definition) is 3. The van der Waals surface area contributed by atoms with Crippen LogP contribution in [-0.2, 0) is 6.54 Å². The summed E-state index contributed by atoms with van der Waals surface area (Å²) in [7, 11) is 0. The topological polar surface area (TPSA) is 34.2 Å². The molecule has 0 fully saturated rings. The van der Waals surface area contributed by atoms with Gasteiger partial charge in [-0.25, -0.2) is 9.37 Å². The van der Waals surface area contributed by atoms with E-state index >= 15 is 0 Å². The lowest BCUT2D eigenvalue weighted by Crippen LogP contribution is -2.13. The molecule has 0 bridgehead atoms. The third-order valence-corrected chi connectivity index (χ3v) is 2.42. The number of halogens is 1. The van der Waals surface area contributed by atoms with Crippen LogP contribution in [0.3, 0.4) is 0 Å². The van der Waals surface area contributed by atoms with Crippen LogP contribution >= 0.6 is 0 Å². The average Bonchev–Trinajstić information content (AvgIpc) is 2.40. The van der Waals surface area contributed by atoms with Crippen molar-refractivity contribution in [1.29, 1.82) is 0 Å². The SMILES string of the molecule is CCNCc1cc(F)cnc1Oc1ccccc1. The summed E-state index contributed by atoms with van der Waals surface area (Å²) >= 11 is 0. The van der Waals surface area contributed by atoms with E-state index in [4.69, 9.17) is 4.74 Å². The molecule has 2 rings (SSSR count). The first-order valence-corrected chi connectivity index (χ1v) is 5.87. The fourth-order valence-corrected chi connectivity index (χ4v) is 1.55. The van der Waals surface area contributed by atoms with Gasteiger partial charge in [0.2, 0.25) is 5.88 Å². The quantitative estimate of drug-likeness (QED) is 0.880. The van der Waals surface area contributed by atoms with Gasteiger partial charge in [0.25, 0.3) is 0 Å². The van der Waals surface area contributed by atoms with E-state index in [1.54, 1.807) is 0 Å². The van der Waals surface area contributed by atoms with Crippen LogP contribution < -0.4 is 10.1 Å². The van der Waals surface area contributed by atoms with Gasteiger partial charge in [-0.1, -0.05) is 25.1 Å². The lowest BCUT2D eigenvalue weighted by atomic mass is 10.2. The Labute approximate surface area is 106 Å². The van der Waals surface area contributed by atoms with Gasteiger partial charge >= 0.3 is 0 Å². The van der Waals surface area contributed by atoms with E-state index < -0.39 is 0 Å². The van der Waals surface area contributed by atoms with Crippen molar-refractivity contribution in [3.05, 3.63) is 54.0 Å². The maximum absolute atomic E-state index is 13.2. The van der Waals surface area contributed by atoms with Crippen LogP contribution in [-0.4, -0.2) is 11.5 Å². The molecule has 94 valence electrons. The maximum atomic E-state index is 13.2. The number of benzene rings is 1. The van der Waals surface area contributed by atoms with Crippen molar-refractivity contribution in [2.45, 2.75) is 13.5 Å². The first-order valence-electron chi connectivity index (χ1n) is 5.87. The molecule has 4 heteroatoms. The monoisotopic (exact) mass is 246 g/mol. The molecule has 0 unspecified atom stereocenters. The molecule has 0 atom stereocenters. The highest BCUT2D eigenvalue weighted by molar-refractivity contribution is 5.32. The zero-order chi connectivity index (χ0) is 12.8. The van der Waals surface area contributed by atoms with Gasteiger partial charge in [0, 0.05) is 12.1 Å². The summed E-state index contributed by atoms with van der Waals surface area (Å²) < 4.78 is 18.8. The van der Waals surface area contributed by atoms with Crippen LogP contribution in [0.15, 0.2) is 42.6 Å². The van der Waals surface area contributed by atoms with Crippen molar-refractivity contribution in [2.75, 3.05) is 6.54 Å². The van der Waals surface area contributed by atoms with Gasteiger partial charge in [-0.2, -0.15) is 0 Å². The summed E-state index contributed by atoms with van der Waals surface area (Å²) in [6, 6.07) is 10.8. The molecule has 0 aliphatic carbocycles. The number of nitrogens with one attached hydrogen (secondary N) is 1. The Kier molecular flexibility index (Phi) is 4.25. The molecule has 1 N–H and O–H groups in total. The second-order valence-corrected chi connectivity index (χ2v) is 3.81. The van der Waals surface area contributed by atoms with Gasteiger partial charge < -0.3 is 10.1 Å². The van der Waals surface area contributed by atoms with E-state index in [0.29, 0.717) is 23.7 Å². The second kappa shape index (κ2) is 6.12. The number of pyridine rings is 1. The number of nitrogens with zero attached hydrogens (tertiary/aromatic N) is 1. The Morgan fingerprint density at radius 1 is 1.28 bits per heavy atom. The fourth-order valence-electron chi connectivity index (χ4n) is 1.55. The van der Waals surface area contributed by atoms with Crippen LogP contribution in [0.5, 0.6) is 11.6 Å². The molecular formula is C14H15FN2O. The summed E-state index contributed by atoms with van der Waals surface area (Å²) in [6.07, 6.45) is 1.16. The molecular weight excluding hydrogens is 231 g/mol. The lowest BCUT2D eigenvalue weighted by Gasteiger charge is -2.10. The third-order valence-electron chi connectivity index (χ3n) is 2.42. The summed E-state index contributed by atoms with van der Waals surface area (Å²) in [5.74, 6) is 0.765. The minimum atomic E-state index is -0.358. The molecule has 0 amide bonds. The van der Waals surface area contributed by atoms with Gasteiger partial charge in [0.05, 0.1) is 6.20 Å². The second-order valence-electron chi connectivity index (χ2n) is 3.81. The molecule has 1 aromatic carbocycles. The van der Waals surface area contributed by atoms with Crippen LogP contribution in [0.1, 0.15) is 12.5 Å². The first-order chi connectivity index (χ1) is 8.79. The molecule has 0 spiro atoms. The summed E-state index contributed by atoms with van der Waals surface area (Å²) in [4.78, 5) is 3.99. The Hall–Kier alpha value is -1.94. The van der Waals surface area contributed by atoms with Crippen LogP contribution in [0.4, 0.5) is 4.39 Å². The van der Waals surface area contributed by atoms with Gasteiger partial charge in [0.15, 0.2) is 0 Å². The summed E-state index contributed by atoms with van der Waals surface area (Å²) in [5.41, 5.74) is 0.709. The molecule has 18 heavy (non-hydrogen) atoms. The lowest BCUT2D eigenvalue weighted by molar-refractivity contribution is 0.449. The predicted molar refractivity (Wildman–Crippen MR) is 68.1 cm³/mol. The van der Waals surface area contributed by atoms with Crippen molar-refractivity contribution < 1.29 is 9.13 Å². The number of aromatic nitrogens is 1. The average molecular weight is 246 g/mol. The van der Waals surface area contributed by atoms with Gasteiger partial charge in [0.1, 0.15) is 11.6 Å². The number of ether oxygens (including phenoxy) is 1. The highest BCUT2D eigenvalue weighted by atomic mass is 19.1. The first kappa shape index (κ1) is 12.5. The summed E-state index contributed by atoms with van der Waals surface area (Å²) in [5, 5.41) is 3.13. The van der Waals surface area contributed by atoms with E-state index in [1.807, 2.05) is 37.3 Å². The van der Waals surface area contributed by atoms with Crippen molar-refractivity contribution in [3.8, 4) is 11.6 Å². The zero-order valence-corrected chi connectivity index (χ0v) is 10.2. The van der Waals surface area contributed by atoms with Crippen LogP contribution in [0, 0.1) is 5.82 Å². The van der Waals surface area contributed by atoms with E-state index in [0.717, 1.165) is 12.7 Å². The highest BCUT2D eigenvalue weighted by Crippen LogP contribution is 2.23. The smallest absolute Gasteiger partial charge is 0.223 e. The molecule has 0 radical (unpaired) electrons. The fraction of sp³-hybridized carbons (Fsp3) is 0.214. The van der Waals surface area contributed by atoms with Crippen molar-refractivity contribution in [2.24, 2.45) is 0 Å². The van der Waals surface area contributed by atoms with Crippen molar-refractivity contribution >= 4 is 0 Å². The Morgan fingerprint density at radius 3 is 2.78 bits per heavy atom. The standard InChI is InChI=1S/C14H15FN2O/c1-2-16-9-11-8-12(15)10-17-14(11)18-13-6-4-3-5-7-13/h3-8,10,16H,2,9H2,1H3. The molecule has 1 aromatic heterocycles. The minimum Gasteiger partial charge on any atom is -0.439 e. The van der Waals surface area contributed by atoms with Crippen LogP contribution in [0.2, 0.25) is 0 Å². The van der Waals surface area contributed by atoms with Gasteiger partial charge in [-0.15, -0.1) is 0 Å². The predicted octanol–water partition coefficient (Wildman–Crippen LogP) is 3.12. The Balaban J connectivity index is 2.21. The van der Waals surface area contributed by atoms with E-state index in [-0.39, 0.29) is 5.82 Å². The van der Waals surface area contributed by atoms with Gasteiger partial charge in [-0.05, 0) is 24.7 Å². The third kappa shape index (κ3) is 3.28. The number of para-hydroxylation sites is 1. The molecule has 0 saturated carbocycles. The summed E-state index contributed by atoms with van der Waals surface area (Å²) in [6.45, 7) is 3.33. The van der Waals surface area contributed by atoms with Crippen LogP contribution in [0.25, 0.3) is 0 Å². The molecule has 0 saturated heterocycles. The van der Waals surface area contributed by atoms with E-state index in [9.17, 15) is 4.39 Å². The minimum absolute atomic E-state index is 0.358. The Bertz CT molecular complexity index is 502. The van der Waals surface area contributed by atoms with E-state index in [1.165, 1.54) is 6.07 Å². The number of hydrogen-bond donors (Lipinski definition) is 1. The zero-order valence-electron chi connectivity index (χ0n) is 10.2. The molecule has 3 nitrogen and oxygen atoms in total. The largest absolute Gasteiger partial charge is 0.439 e. The molecule has 0 aliphatic heterocycles. The number of rotatable bonds is 5. The van der Waals surface area contributed by atoms with Crippen molar-refractivity contribution in [1.82, 2.24) is 10.3 Å². The molecule has 0 aliphatic rings. The van der Waals surface area contributed by atoms with Gasteiger partial charge in [-0.3, -0.25) is 0 Å². The highest BCUT2D eigenvalue weighted by Gasteiger charge is 2.07. The van der Waals surface area contributed by atoms with Crippen molar-refractivity contribution in [3.63, 3.8) is 0 Å². The normalized spacial score (nSPS) is 10.3. The molecule has 1 heterocycles. The maximum Gasteiger partial charge on any atom is 0.223 e. The molecule has 2 aromatic rings. The Morgan fingerprint density at radius 2 is 2.06 bits per heavy atom. The van der Waals surface area contributed by atoms with E-state index in [2.05, 4.69) is 10.3 Å².